The highest BCUT2D eigenvalue weighted by Gasteiger charge is 2.32. The fourth-order valence-corrected chi connectivity index (χ4v) is 3.51. The number of amides is 3. The van der Waals surface area contributed by atoms with Crippen LogP contribution in [0.15, 0.2) is 36.5 Å². The number of benzene rings is 1. The van der Waals surface area contributed by atoms with Crippen LogP contribution < -0.4 is 15.4 Å². The first-order valence-corrected chi connectivity index (χ1v) is 10.6. The monoisotopic (exact) mass is 408 g/mol. The van der Waals surface area contributed by atoms with E-state index in [4.69, 9.17) is 4.74 Å². The standard InChI is InChI=1S/C23H28N4O3/c1-15-3-7-20(13-16(15)2)30-21-8-6-19(14-24-21)26-23(29)27-11-9-18(10-12-27)25-22(28)17-4-5-17/h3,6-8,13-14,17-18H,4-5,9-12H2,1-2H3,(H,25,28)(H,26,29). The van der Waals surface area contributed by atoms with Crippen molar-refractivity contribution < 1.29 is 14.3 Å². The van der Waals surface area contributed by atoms with Crippen LogP contribution in [0.25, 0.3) is 0 Å². The average molecular weight is 409 g/mol. The molecule has 158 valence electrons. The van der Waals surface area contributed by atoms with Gasteiger partial charge in [-0.05, 0) is 68.9 Å². The van der Waals surface area contributed by atoms with E-state index in [0.717, 1.165) is 37.0 Å². The maximum atomic E-state index is 12.5. The predicted molar refractivity (Wildman–Crippen MR) is 115 cm³/mol. The summed E-state index contributed by atoms with van der Waals surface area (Å²) < 4.78 is 5.79. The van der Waals surface area contributed by atoms with Gasteiger partial charge in [-0.2, -0.15) is 0 Å². The number of nitrogens with one attached hydrogen (secondary N) is 2. The van der Waals surface area contributed by atoms with Gasteiger partial charge in [0.25, 0.3) is 0 Å². The summed E-state index contributed by atoms with van der Waals surface area (Å²) in [4.78, 5) is 30.5. The number of anilines is 1. The Morgan fingerprint density at radius 1 is 1.03 bits per heavy atom. The summed E-state index contributed by atoms with van der Waals surface area (Å²) in [6.07, 6.45) is 5.18. The largest absolute Gasteiger partial charge is 0.439 e. The predicted octanol–water partition coefficient (Wildman–Crippen LogP) is 4.01. The normalized spacial score (nSPS) is 16.8. The van der Waals surface area contributed by atoms with Gasteiger partial charge in [-0.1, -0.05) is 6.07 Å². The Morgan fingerprint density at radius 2 is 1.80 bits per heavy atom. The van der Waals surface area contributed by atoms with Gasteiger partial charge in [0.1, 0.15) is 5.75 Å². The van der Waals surface area contributed by atoms with Gasteiger partial charge in [-0.3, -0.25) is 4.79 Å². The Balaban J connectivity index is 1.25. The van der Waals surface area contributed by atoms with Crippen LogP contribution in [0.2, 0.25) is 0 Å². The highest BCUT2D eigenvalue weighted by atomic mass is 16.5. The van der Waals surface area contributed by atoms with Crippen molar-refractivity contribution in [3.63, 3.8) is 0 Å². The van der Waals surface area contributed by atoms with Crippen molar-refractivity contribution in [2.75, 3.05) is 18.4 Å². The van der Waals surface area contributed by atoms with Crippen LogP contribution in [0.5, 0.6) is 11.6 Å². The summed E-state index contributed by atoms with van der Waals surface area (Å²) in [7, 11) is 0. The molecule has 2 fully saturated rings. The number of pyridine rings is 1. The molecule has 0 radical (unpaired) electrons. The summed E-state index contributed by atoms with van der Waals surface area (Å²) in [5, 5.41) is 5.99. The molecule has 0 unspecified atom stereocenters. The Bertz CT molecular complexity index is 917. The molecular formula is C23H28N4O3. The summed E-state index contributed by atoms with van der Waals surface area (Å²) in [6, 6.07) is 9.45. The number of nitrogens with zero attached hydrogens (tertiary/aromatic N) is 2. The minimum absolute atomic E-state index is 0.147. The number of carbonyl (C=O) groups is 2. The lowest BCUT2D eigenvalue weighted by Crippen LogP contribution is -2.48. The zero-order valence-corrected chi connectivity index (χ0v) is 17.5. The van der Waals surface area contributed by atoms with Crippen LogP contribution >= 0.6 is 0 Å². The number of carbonyl (C=O) groups excluding carboxylic acids is 2. The van der Waals surface area contributed by atoms with Gasteiger partial charge in [-0.25, -0.2) is 9.78 Å². The van der Waals surface area contributed by atoms with E-state index < -0.39 is 0 Å². The summed E-state index contributed by atoms with van der Waals surface area (Å²) in [5.74, 6) is 1.61. The maximum Gasteiger partial charge on any atom is 0.321 e. The number of hydrogen-bond acceptors (Lipinski definition) is 4. The van der Waals surface area contributed by atoms with Crippen molar-refractivity contribution in [3.8, 4) is 11.6 Å². The highest BCUT2D eigenvalue weighted by Crippen LogP contribution is 2.29. The SMILES string of the molecule is Cc1ccc(Oc2ccc(NC(=O)N3CCC(NC(=O)C4CC4)CC3)cn2)cc1C. The quantitative estimate of drug-likeness (QED) is 0.783. The number of ether oxygens (including phenoxy) is 1. The number of urea groups is 1. The lowest BCUT2D eigenvalue weighted by atomic mass is 10.1. The van der Waals surface area contributed by atoms with E-state index in [9.17, 15) is 9.59 Å². The molecule has 2 aromatic rings. The molecule has 7 heteroatoms. The number of aryl methyl sites for hydroxylation is 2. The molecule has 1 aromatic heterocycles. The second kappa shape index (κ2) is 8.73. The zero-order valence-electron chi connectivity index (χ0n) is 17.5. The smallest absolute Gasteiger partial charge is 0.321 e. The summed E-state index contributed by atoms with van der Waals surface area (Å²) >= 11 is 0. The van der Waals surface area contributed by atoms with Crippen LogP contribution in [0.1, 0.15) is 36.8 Å². The van der Waals surface area contributed by atoms with E-state index in [2.05, 4.69) is 22.5 Å². The van der Waals surface area contributed by atoms with Crippen molar-refractivity contribution in [1.82, 2.24) is 15.2 Å². The molecule has 0 bridgehead atoms. The number of rotatable bonds is 5. The highest BCUT2D eigenvalue weighted by molar-refractivity contribution is 5.89. The Hall–Kier alpha value is -3.09. The number of aromatic nitrogens is 1. The van der Waals surface area contributed by atoms with Crippen molar-refractivity contribution in [1.29, 1.82) is 0 Å². The number of hydrogen-bond donors (Lipinski definition) is 2. The van der Waals surface area contributed by atoms with Crippen LogP contribution in [0, 0.1) is 19.8 Å². The van der Waals surface area contributed by atoms with E-state index in [1.807, 2.05) is 25.1 Å². The maximum absolute atomic E-state index is 12.5. The molecular weight excluding hydrogens is 380 g/mol. The van der Waals surface area contributed by atoms with Gasteiger partial charge < -0.3 is 20.3 Å². The molecule has 1 aliphatic heterocycles. The molecule has 1 saturated heterocycles. The molecule has 0 spiro atoms. The minimum atomic E-state index is -0.147. The molecule has 0 atom stereocenters. The number of piperidine rings is 1. The minimum Gasteiger partial charge on any atom is -0.439 e. The van der Waals surface area contributed by atoms with Gasteiger partial charge in [0.15, 0.2) is 0 Å². The average Bonchev–Trinajstić information content (AvgIpc) is 3.58. The van der Waals surface area contributed by atoms with Crippen molar-refractivity contribution >= 4 is 17.6 Å². The second-order valence-electron chi connectivity index (χ2n) is 8.21. The van der Waals surface area contributed by atoms with Gasteiger partial charge in [0, 0.05) is 31.1 Å². The van der Waals surface area contributed by atoms with Gasteiger partial charge in [-0.15, -0.1) is 0 Å². The lowest BCUT2D eigenvalue weighted by molar-refractivity contribution is -0.123. The zero-order chi connectivity index (χ0) is 21.1. The van der Waals surface area contributed by atoms with E-state index in [-0.39, 0.29) is 23.9 Å². The molecule has 1 aliphatic carbocycles. The summed E-state index contributed by atoms with van der Waals surface area (Å²) in [5.41, 5.74) is 2.99. The third-order valence-corrected chi connectivity index (χ3v) is 5.77. The Kier molecular flexibility index (Phi) is 5.88. The fraction of sp³-hybridized carbons (Fsp3) is 0.435. The van der Waals surface area contributed by atoms with Gasteiger partial charge >= 0.3 is 6.03 Å². The van der Waals surface area contributed by atoms with Crippen LogP contribution in [-0.4, -0.2) is 41.0 Å². The van der Waals surface area contributed by atoms with Crippen LogP contribution in [0.4, 0.5) is 10.5 Å². The first-order valence-electron chi connectivity index (χ1n) is 10.6. The first kappa shape index (κ1) is 20.2. The molecule has 1 aromatic carbocycles. The van der Waals surface area contributed by atoms with Gasteiger partial charge in [0.05, 0.1) is 11.9 Å². The lowest BCUT2D eigenvalue weighted by Gasteiger charge is -2.32. The first-order chi connectivity index (χ1) is 14.5. The summed E-state index contributed by atoms with van der Waals surface area (Å²) in [6.45, 7) is 5.35. The Morgan fingerprint density at radius 3 is 2.43 bits per heavy atom. The third kappa shape index (κ3) is 5.09. The third-order valence-electron chi connectivity index (χ3n) is 5.77. The van der Waals surface area contributed by atoms with Crippen LogP contribution in [0.3, 0.4) is 0 Å². The van der Waals surface area contributed by atoms with E-state index >= 15 is 0 Å². The molecule has 4 rings (SSSR count). The topological polar surface area (TPSA) is 83.6 Å². The molecule has 3 amide bonds. The van der Waals surface area contributed by atoms with Crippen molar-refractivity contribution in [3.05, 3.63) is 47.7 Å². The second-order valence-corrected chi connectivity index (χ2v) is 8.21. The molecule has 2 aliphatic rings. The molecule has 1 saturated carbocycles. The van der Waals surface area contributed by atoms with Crippen LogP contribution in [-0.2, 0) is 4.79 Å². The fourth-order valence-electron chi connectivity index (χ4n) is 3.51. The molecule has 2 N–H and O–H groups in total. The molecule has 2 heterocycles. The number of likely N-dealkylation sites (tertiary alicyclic amines) is 1. The van der Waals surface area contributed by atoms with E-state index in [0.29, 0.717) is 24.7 Å². The van der Waals surface area contributed by atoms with E-state index in [1.165, 1.54) is 5.56 Å². The van der Waals surface area contributed by atoms with Gasteiger partial charge in [0.2, 0.25) is 11.8 Å². The van der Waals surface area contributed by atoms with E-state index in [1.54, 1.807) is 23.2 Å². The van der Waals surface area contributed by atoms with Crippen molar-refractivity contribution in [2.45, 2.75) is 45.6 Å². The molecule has 7 nitrogen and oxygen atoms in total. The van der Waals surface area contributed by atoms with Crippen molar-refractivity contribution in [2.24, 2.45) is 5.92 Å². The Labute approximate surface area is 176 Å². The molecule has 30 heavy (non-hydrogen) atoms.